The number of pyridine rings is 1. The molecule has 5 rings (SSSR count). The maximum atomic E-state index is 14.4. The molecule has 2 aromatic carbocycles. The van der Waals surface area contributed by atoms with Gasteiger partial charge in [0.15, 0.2) is 5.83 Å². The van der Waals surface area contributed by atoms with Crippen LogP contribution in [0.25, 0.3) is 33.8 Å². The lowest BCUT2D eigenvalue weighted by Gasteiger charge is -2.40. The molecule has 1 fully saturated rings. The maximum Gasteiger partial charge on any atom is 0.354 e. The van der Waals surface area contributed by atoms with Gasteiger partial charge in [0.2, 0.25) is 0 Å². The molecular weight excluding hydrogens is 598 g/mol. The van der Waals surface area contributed by atoms with Gasteiger partial charge in [-0.05, 0) is 53.6 Å². The number of hydrogen-bond donors (Lipinski definition) is 0. The first-order valence-electron chi connectivity index (χ1n) is 15.7. The zero-order valence-electron chi connectivity index (χ0n) is 27.6. The SMILES string of the molecule is BC(B)=Cc1ccccc1-c1cc2c(cc1Cl)c(N1CCN(C(=O)C(=C)F)C[C@@H]1C)nc(=O)n2-c1c(C(C)C)ccnc1C(C)C. The summed E-state index contributed by atoms with van der Waals surface area (Å²) in [5.74, 6) is -1.09. The number of carbonyl (C=O) groups is 1. The molecule has 0 saturated carbocycles. The van der Waals surface area contributed by atoms with Crippen LogP contribution in [0.5, 0.6) is 0 Å². The second-order valence-corrected chi connectivity index (χ2v) is 13.3. The van der Waals surface area contributed by atoms with Gasteiger partial charge in [-0.3, -0.25) is 14.3 Å². The Morgan fingerprint density at radius 1 is 1.09 bits per heavy atom. The fourth-order valence-corrected chi connectivity index (χ4v) is 6.56. The number of benzene rings is 2. The Balaban J connectivity index is 1.84. The van der Waals surface area contributed by atoms with Gasteiger partial charge in [-0.2, -0.15) is 4.98 Å². The number of fused-ring (bicyclic) bond motifs is 1. The Bertz CT molecular complexity index is 1910. The van der Waals surface area contributed by atoms with Gasteiger partial charge in [0.1, 0.15) is 21.5 Å². The van der Waals surface area contributed by atoms with Gasteiger partial charge in [-0.15, -0.1) is 5.37 Å². The van der Waals surface area contributed by atoms with Crippen LogP contribution in [0.15, 0.2) is 71.2 Å². The minimum absolute atomic E-state index is 0.0383. The van der Waals surface area contributed by atoms with Crippen molar-refractivity contribution in [3.05, 3.63) is 98.8 Å². The zero-order valence-corrected chi connectivity index (χ0v) is 28.3. The minimum Gasteiger partial charge on any atom is -0.350 e. The van der Waals surface area contributed by atoms with Crippen LogP contribution in [0.4, 0.5) is 10.2 Å². The van der Waals surface area contributed by atoms with Crippen LogP contribution in [0, 0.1) is 0 Å². The molecule has 0 bridgehead atoms. The number of anilines is 1. The molecule has 4 aromatic rings. The average molecular weight is 638 g/mol. The highest BCUT2D eigenvalue weighted by molar-refractivity contribution is 6.50. The lowest BCUT2D eigenvalue weighted by atomic mass is 9.77. The third kappa shape index (κ3) is 6.27. The van der Waals surface area contributed by atoms with E-state index in [9.17, 15) is 14.0 Å². The molecular formula is C35H39B2ClFN5O2. The van der Waals surface area contributed by atoms with Crippen molar-refractivity contribution in [1.29, 1.82) is 0 Å². The van der Waals surface area contributed by atoms with Crippen LogP contribution in [0.2, 0.25) is 5.02 Å². The molecule has 0 unspecified atom stereocenters. The first-order valence-corrected chi connectivity index (χ1v) is 16.1. The van der Waals surface area contributed by atoms with Crippen molar-refractivity contribution >= 4 is 56.0 Å². The van der Waals surface area contributed by atoms with E-state index in [1.165, 1.54) is 4.90 Å². The van der Waals surface area contributed by atoms with Gasteiger partial charge >= 0.3 is 5.69 Å². The molecule has 0 radical (unpaired) electrons. The highest BCUT2D eigenvalue weighted by atomic mass is 35.5. The standard InChI is InChI=1S/C35H39B2ClFN5O2/c1-19(2)24-11-12-40-31(20(3)4)32(24)44-29-17-26(25-10-8-7-9-23(25)15-30(36)37)28(38)16-27(29)33(41-35(44)46)43-14-13-42(18-21(43)5)34(45)22(6)39/h7-12,15-17,19-21H,6,13-14,18,36-37H2,1-5H3/t21-/m0/s1. The lowest BCUT2D eigenvalue weighted by molar-refractivity contribution is -0.129. The first kappa shape index (κ1) is 33.2. The summed E-state index contributed by atoms with van der Waals surface area (Å²) in [5, 5.41) is 2.36. The van der Waals surface area contributed by atoms with E-state index in [1.807, 2.05) is 48.2 Å². The molecule has 11 heteroatoms. The number of nitrogens with zero attached hydrogens (tertiary/aromatic N) is 5. The van der Waals surface area contributed by atoms with Gasteiger partial charge in [-0.1, -0.05) is 76.2 Å². The summed E-state index contributed by atoms with van der Waals surface area (Å²) >= 11 is 7.12. The molecule has 0 N–H and O–H groups in total. The van der Waals surface area contributed by atoms with E-state index < -0.39 is 17.4 Å². The van der Waals surface area contributed by atoms with Gasteiger partial charge in [-0.25, -0.2) is 9.18 Å². The summed E-state index contributed by atoms with van der Waals surface area (Å²) in [6.45, 7) is 14.3. The van der Waals surface area contributed by atoms with Crippen LogP contribution < -0.4 is 10.6 Å². The molecule has 0 spiro atoms. The third-order valence-electron chi connectivity index (χ3n) is 8.45. The van der Waals surface area contributed by atoms with Crippen molar-refractivity contribution in [2.24, 2.45) is 0 Å². The number of rotatable bonds is 7. The van der Waals surface area contributed by atoms with E-state index in [4.69, 9.17) is 21.6 Å². The van der Waals surface area contributed by atoms with E-state index in [-0.39, 0.29) is 31.0 Å². The molecule has 1 aliphatic rings. The predicted octanol–water partition coefficient (Wildman–Crippen LogP) is 5.43. The second kappa shape index (κ2) is 13.3. The first-order chi connectivity index (χ1) is 21.8. The number of aromatic nitrogens is 3. The van der Waals surface area contributed by atoms with Gasteiger partial charge in [0.25, 0.3) is 5.91 Å². The average Bonchev–Trinajstić information content (AvgIpc) is 3.00. The highest BCUT2D eigenvalue weighted by Crippen LogP contribution is 2.39. The Morgan fingerprint density at radius 2 is 1.80 bits per heavy atom. The largest absolute Gasteiger partial charge is 0.354 e. The molecule has 1 saturated heterocycles. The van der Waals surface area contributed by atoms with Crippen molar-refractivity contribution in [3.63, 3.8) is 0 Å². The molecule has 1 amide bonds. The minimum atomic E-state index is -0.988. The van der Waals surface area contributed by atoms with Crippen molar-refractivity contribution in [1.82, 2.24) is 19.4 Å². The Morgan fingerprint density at radius 3 is 2.43 bits per heavy atom. The van der Waals surface area contributed by atoms with Gasteiger partial charge in [0.05, 0.1) is 16.9 Å². The highest BCUT2D eigenvalue weighted by Gasteiger charge is 2.31. The summed E-state index contributed by atoms with van der Waals surface area (Å²) in [4.78, 5) is 39.7. The monoisotopic (exact) mass is 637 g/mol. The molecule has 7 nitrogen and oxygen atoms in total. The predicted molar refractivity (Wildman–Crippen MR) is 192 cm³/mol. The number of carbonyl (C=O) groups excluding carboxylic acids is 1. The molecule has 3 heterocycles. The van der Waals surface area contributed by atoms with E-state index >= 15 is 0 Å². The molecule has 2 aromatic heterocycles. The Hall–Kier alpha value is -4.17. The summed E-state index contributed by atoms with van der Waals surface area (Å²) in [6.07, 6.45) is 3.92. The van der Waals surface area contributed by atoms with Crippen molar-refractivity contribution in [3.8, 4) is 16.8 Å². The summed E-state index contributed by atoms with van der Waals surface area (Å²) < 4.78 is 15.4. The van der Waals surface area contributed by atoms with Crippen molar-refractivity contribution < 1.29 is 9.18 Å². The number of halogens is 2. The molecule has 1 atom stereocenters. The summed E-state index contributed by atoms with van der Waals surface area (Å²) in [6, 6.07) is 13.6. The van der Waals surface area contributed by atoms with Crippen LogP contribution in [0.3, 0.4) is 0 Å². The quantitative estimate of drug-likeness (QED) is 0.200. The smallest absolute Gasteiger partial charge is 0.350 e. The van der Waals surface area contributed by atoms with Crippen LogP contribution in [0.1, 0.15) is 63.3 Å². The lowest BCUT2D eigenvalue weighted by Crippen LogP contribution is -2.54. The summed E-state index contributed by atoms with van der Waals surface area (Å²) in [5.41, 5.74) is 5.50. The normalized spacial score (nSPS) is 15.1. The molecule has 46 heavy (non-hydrogen) atoms. The second-order valence-electron chi connectivity index (χ2n) is 12.9. The fourth-order valence-electron chi connectivity index (χ4n) is 6.30. The number of piperazine rings is 1. The Labute approximate surface area is 276 Å². The van der Waals surface area contributed by atoms with Crippen molar-refractivity contribution in [2.75, 3.05) is 24.5 Å². The van der Waals surface area contributed by atoms with Crippen LogP contribution >= 0.6 is 11.6 Å². The topological polar surface area (TPSA) is 71.3 Å². The maximum absolute atomic E-state index is 14.4. The van der Waals surface area contributed by atoms with Gasteiger partial charge in [0, 0.05) is 47.8 Å². The molecule has 236 valence electrons. The summed E-state index contributed by atoms with van der Waals surface area (Å²) in [7, 11) is 4.10. The van der Waals surface area contributed by atoms with E-state index in [0.29, 0.717) is 28.3 Å². The third-order valence-corrected chi connectivity index (χ3v) is 8.76. The van der Waals surface area contributed by atoms with Crippen LogP contribution in [-0.4, -0.2) is 66.7 Å². The number of amides is 1. The molecule has 0 aliphatic carbocycles. The van der Waals surface area contributed by atoms with E-state index in [2.05, 4.69) is 62.1 Å². The number of hydrogen-bond acceptors (Lipinski definition) is 5. The van der Waals surface area contributed by atoms with Gasteiger partial charge < -0.3 is 9.80 Å². The van der Waals surface area contributed by atoms with Crippen LogP contribution in [-0.2, 0) is 4.79 Å². The van der Waals surface area contributed by atoms with Crippen molar-refractivity contribution in [2.45, 2.75) is 52.5 Å². The van der Waals surface area contributed by atoms with E-state index in [0.717, 1.165) is 39.0 Å². The zero-order chi connectivity index (χ0) is 33.4. The van der Waals surface area contributed by atoms with E-state index in [1.54, 1.807) is 10.8 Å². The Kier molecular flexibility index (Phi) is 9.59. The molecule has 1 aliphatic heterocycles. The fraction of sp³-hybridized carbons (Fsp3) is 0.314.